The summed E-state index contributed by atoms with van der Waals surface area (Å²) < 4.78 is 5.22. The molecule has 116 valence electrons. The predicted octanol–water partition coefficient (Wildman–Crippen LogP) is 1.90. The van der Waals surface area contributed by atoms with E-state index in [0.29, 0.717) is 5.92 Å². The molecule has 0 aliphatic carbocycles. The Morgan fingerprint density at radius 2 is 1.86 bits per heavy atom. The van der Waals surface area contributed by atoms with Gasteiger partial charge in [0, 0.05) is 11.6 Å². The minimum Gasteiger partial charge on any atom is -0.461 e. The summed E-state index contributed by atoms with van der Waals surface area (Å²) in [5.74, 6) is -1.03. The van der Waals surface area contributed by atoms with Crippen LogP contribution in [0.5, 0.6) is 0 Å². The van der Waals surface area contributed by atoms with Gasteiger partial charge in [0.1, 0.15) is 6.61 Å². The summed E-state index contributed by atoms with van der Waals surface area (Å²) in [5.41, 5.74) is 2.26. The average Bonchev–Trinajstić information content (AvgIpc) is 2.75. The third-order valence-electron chi connectivity index (χ3n) is 3.30. The van der Waals surface area contributed by atoms with E-state index in [2.05, 4.69) is 19.2 Å². The number of hydrogen-bond donors (Lipinski definition) is 1. The molecule has 2 rings (SSSR count). The molecule has 1 aliphatic heterocycles. The molecule has 22 heavy (non-hydrogen) atoms. The second kappa shape index (κ2) is 7.02. The zero-order valence-corrected chi connectivity index (χ0v) is 12.7. The van der Waals surface area contributed by atoms with Crippen molar-refractivity contribution in [2.24, 2.45) is 5.92 Å². The first-order valence-corrected chi connectivity index (χ1v) is 7.24. The molecule has 1 aromatic carbocycles. The quantitative estimate of drug-likeness (QED) is 0.643. The van der Waals surface area contributed by atoms with Crippen LogP contribution >= 0.6 is 0 Å². The number of rotatable bonds is 6. The summed E-state index contributed by atoms with van der Waals surface area (Å²) in [4.78, 5) is 34.2. The molecule has 0 spiro atoms. The third kappa shape index (κ3) is 4.28. The van der Waals surface area contributed by atoms with Crippen molar-refractivity contribution in [1.29, 1.82) is 0 Å². The van der Waals surface area contributed by atoms with Gasteiger partial charge in [-0.25, -0.2) is 0 Å². The SMILES string of the molecule is CC(C)Cc1ccccc1COC(=O)CC1=CC(=O)NC1=O. The summed E-state index contributed by atoms with van der Waals surface area (Å²) in [6.07, 6.45) is 1.86. The van der Waals surface area contributed by atoms with E-state index in [-0.39, 0.29) is 18.6 Å². The van der Waals surface area contributed by atoms with Crippen LogP contribution in [0.15, 0.2) is 35.9 Å². The first-order valence-electron chi connectivity index (χ1n) is 7.24. The van der Waals surface area contributed by atoms with Gasteiger partial charge in [-0.3, -0.25) is 19.7 Å². The molecule has 0 fully saturated rings. The maximum Gasteiger partial charge on any atom is 0.310 e. The van der Waals surface area contributed by atoms with Crippen molar-refractivity contribution >= 4 is 17.8 Å². The molecule has 0 saturated carbocycles. The number of amides is 2. The van der Waals surface area contributed by atoms with Crippen LogP contribution in [0.25, 0.3) is 0 Å². The highest BCUT2D eigenvalue weighted by Crippen LogP contribution is 2.16. The molecule has 5 heteroatoms. The van der Waals surface area contributed by atoms with Crippen molar-refractivity contribution < 1.29 is 19.1 Å². The summed E-state index contributed by atoms with van der Waals surface area (Å²) in [7, 11) is 0. The van der Waals surface area contributed by atoms with Gasteiger partial charge in [0.25, 0.3) is 11.8 Å². The van der Waals surface area contributed by atoms with Crippen molar-refractivity contribution in [2.75, 3.05) is 0 Å². The summed E-state index contributed by atoms with van der Waals surface area (Å²) in [6, 6.07) is 7.81. The van der Waals surface area contributed by atoms with Gasteiger partial charge >= 0.3 is 5.97 Å². The van der Waals surface area contributed by atoms with E-state index in [0.717, 1.165) is 23.6 Å². The molecule has 1 heterocycles. The predicted molar refractivity (Wildman–Crippen MR) is 80.6 cm³/mol. The van der Waals surface area contributed by atoms with E-state index in [1.807, 2.05) is 24.3 Å². The van der Waals surface area contributed by atoms with Crippen LogP contribution in [0.4, 0.5) is 0 Å². The smallest absolute Gasteiger partial charge is 0.310 e. The Labute approximate surface area is 129 Å². The molecule has 1 aliphatic rings. The fourth-order valence-corrected chi connectivity index (χ4v) is 2.29. The topological polar surface area (TPSA) is 72.5 Å². The Bertz CT molecular complexity index is 631. The van der Waals surface area contributed by atoms with Crippen molar-refractivity contribution in [2.45, 2.75) is 33.3 Å². The second-order valence-corrected chi connectivity index (χ2v) is 5.69. The highest BCUT2D eigenvalue weighted by atomic mass is 16.5. The van der Waals surface area contributed by atoms with Gasteiger partial charge in [-0.1, -0.05) is 38.1 Å². The number of esters is 1. The van der Waals surface area contributed by atoms with Gasteiger partial charge < -0.3 is 4.74 Å². The van der Waals surface area contributed by atoms with E-state index >= 15 is 0 Å². The highest BCUT2D eigenvalue weighted by molar-refractivity contribution is 6.17. The molecule has 1 aromatic rings. The van der Waals surface area contributed by atoms with Crippen LogP contribution in [0.2, 0.25) is 0 Å². The second-order valence-electron chi connectivity index (χ2n) is 5.69. The fourth-order valence-electron chi connectivity index (χ4n) is 2.29. The summed E-state index contributed by atoms with van der Waals surface area (Å²) in [6.45, 7) is 4.43. The fraction of sp³-hybridized carbons (Fsp3) is 0.353. The number of ether oxygens (including phenoxy) is 1. The largest absolute Gasteiger partial charge is 0.461 e. The summed E-state index contributed by atoms with van der Waals surface area (Å²) in [5, 5.41) is 2.10. The average molecular weight is 301 g/mol. The Morgan fingerprint density at radius 3 is 2.45 bits per heavy atom. The van der Waals surface area contributed by atoms with Crippen LogP contribution in [0, 0.1) is 5.92 Å². The van der Waals surface area contributed by atoms with Crippen LogP contribution in [-0.2, 0) is 32.1 Å². The maximum atomic E-state index is 11.8. The number of hydrogen-bond acceptors (Lipinski definition) is 4. The van der Waals surface area contributed by atoms with E-state index in [4.69, 9.17) is 4.74 Å². The van der Waals surface area contributed by atoms with E-state index in [9.17, 15) is 14.4 Å². The monoisotopic (exact) mass is 301 g/mol. The van der Waals surface area contributed by atoms with Crippen LogP contribution in [0.3, 0.4) is 0 Å². The van der Waals surface area contributed by atoms with E-state index in [1.54, 1.807) is 0 Å². The first kappa shape index (κ1) is 15.9. The van der Waals surface area contributed by atoms with Gasteiger partial charge in [-0.15, -0.1) is 0 Å². The molecular formula is C17H19NO4. The standard InChI is InChI=1S/C17H19NO4/c1-11(2)7-12-5-3-4-6-13(12)10-22-16(20)9-14-8-15(19)18-17(14)21/h3-6,8,11H,7,9-10H2,1-2H3,(H,18,19,21). The van der Waals surface area contributed by atoms with Crippen molar-refractivity contribution in [3.05, 3.63) is 47.0 Å². The van der Waals surface area contributed by atoms with Gasteiger partial charge in [-0.05, 0) is 23.5 Å². The van der Waals surface area contributed by atoms with E-state index in [1.165, 1.54) is 0 Å². The number of carbonyl (C=O) groups is 3. The van der Waals surface area contributed by atoms with Gasteiger partial charge in [0.2, 0.25) is 0 Å². The summed E-state index contributed by atoms with van der Waals surface area (Å²) >= 11 is 0. The molecule has 0 bridgehead atoms. The van der Waals surface area contributed by atoms with Crippen molar-refractivity contribution in [1.82, 2.24) is 5.32 Å². The molecule has 0 saturated heterocycles. The Balaban J connectivity index is 1.93. The van der Waals surface area contributed by atoms with Gasteiger partial charge in [-0.2, -0.15) is 0 Å². The normalized spacial score (nSPS) is 14.0. The molecule has 5 nitrogen and oxygen atoms in total. The molecule has 0 aromatic heterocycles. The van der Waals surface area contributed by atoms with E-state index < -0.39 is 17.8 Å². The lowest BCUT2D eigenvalue weighted by Gasteiger charge is -2.12. The van der Waals surface area contributed by atoms with Crippen LogP contribution < -0.4 is 5.32 Å². The third-order valence-corrected chi connectivity index (χ3v) is 3.30. The molecular weight excluding hydrogens is 282 g/mol. The molecule has 0 unspecified atom stereocenters. The lowest BCUT2D eigenvalue weighted by molar-refractivity contribution is -0.144. The van der Waals surface area contributed by atoms with Crippen molar-refractivity contribution in [3.63, 3.8) is 0 Å². The van der Waals surface area contributed by atoms with Crippen LogP contribution in [0.1, 0.15) is 31.4 Å². The number of carbonyl (C=O) groups excluding carboxylic acids is 3. The number of nitrogens with one attached hydrogen (secondary N) is 1. The molecule has 1 N–H and O–H groups in total. The zero-order valence-electron chi connectivity index (χ0n) is 12.7. The van der Waals surface area contributed by atoms with Crippen LogP contribution in [-0.4, -0.2) is 17.8 Å². The number of benzene rings is 1. The van der Waals surface area contributed by atoms with Crippen molar-refractivity contribution in [3.8, 4) is 0 Å². The molecule has 0 radical (unpaired) electrons. The lowest BCUT2D eigenvalue weighted by Crippen LogP contribution is -2.23. The molecule has 0 atom stereocenters. The minimum absolute atomic E-state index is 0.144. The number of imide groups is 1. The lowest BCUT2D eigenvalue weighted by atomic mass is 9.98. The van der Waals surface area contributed by atoms with Gasteiger partial charge in [0.15, 0.2) is 0 Å². The highest BCUT2D eigenvalue weighted by Gasteiger charge is 2.23. The minimum atomic E-state index is -0.526. The van der Waals surface area contributed by atoms with Gasteiger partial charge in [0.05, 0.1) is 6.42 Å². The Hall–Kier alpha value is -2.43. The Kier molecular flexibility index (Phi) is 5.09. The maximum absolute atomic E-state index is 11.8. The first-order chi connectivity index (χ1) is 10.5. The Morgan fingerprint density at radius 1 is 1.18 bits per heavy atom. The molecule has 2 amide bonds. The zero-order chi connectivity index (χ0) is 16.1.